The van der Waals surface area contributed by atoms with Crippen molar-refractivity contribution in [3.05, 3.63) is 52.5 Å². The summed E-state index contributed by atoms with van der Waals surface area (Å²) in [6.07, 6.45) is 4.22. The number of carbonyl (C=O) groups excluding carboxylic acids is 1. The molecule has 0 unspecified atom stereocenters. The maximum atomic E-state index is 13.0. The number of hydrogen-bond acceptors (Lipinski definition) is 4. The first kappa shape index (κ1) is 19.3. The molecule has 0 spiro atoms. The van der Waals surface area contributed by atoms with E-state index in [4.69, 9.17) is 0 Å². The standard InChI is InChI=1S/C22H30N4O/c1-5-7-8-17-9-11-18(12-10-17)22(27)26-14-13-20-19(15-26)21(25(4)6-2)24-16(3)23-20/h9-12H,5-8,13-15H2,1-4H3. The summed E-state index contributed by atoms with van der Waals surface area (Å²) < 4.78 is 0. The first-order valence-corrected chi connectivity index (χ1v) is 9.99. The molecule has 0 saturated carbocycles. The second-order valence-corrected chi connectivity index (χ2v) is 7.31. The number of rotatable bonds is 6. The SMILES string of the molecule is CCCCc1ccc(C(=O)N2CCc3nc(C)nc(N(C)CC)c3C2)cc1. The lowest BCUT2D eigenvalue weighted by molar-refractivity contribution is 0.0733. The van der Waals surface area contributed by atoms with Crippen molar-refractivity contribution < 1.29 is 4.79 Å². The molecule has 0 saturated heterocycles. The monoisotopic (exact) mass is 366 g/mol. The third-order valence-electron chi connectivity index (χ3n) is 5.29. The maximum absolute atomic E-state index is 13.0. The molecule has 1 aliphatic rings. The minimum atomic E-state index is 0.0911. The number of fused-ring (bicyclic) bond motifs is 1. The van der Waals surface area contributed by atoms with Gasteiger partial charge in [-0.1, -0.05) is 25.5 Å². The molecule has 27 heavy (non-hydrogen) atoms. The van der Waals surface area contributed by atoms with Crippen LogP contribution in [0.5, 0.6) is 0 Å². The van der Waals surface area contributed by atoms with Crippen molar-refractivity contribution in [1.29, 1.82) is 0 Å². The Kier molecular flexibility index (Phi) is 6.09. The lowest BCUT2D eigenvalue weighted by Gasteiger charge is -2.31. The summed E-state index contributed by atoms with van der Waals surface area (Å²) in [5, 5.41) is 0. The normalized spacial score (nSPS) is 13.4. The van der Waals surface area contributed by atoms with E-state index in [1.807, 2.05) is 31.0 Å². The smallest absolute Gasteiger partial charge is 0.254 e. The fourth-order valence-electron chi connectivity index (χ4n) is 3.53. The number of amides is 1. The van der Waals surface area contributed by atoms with Crippen LogP contribution < -0.4 is 4.90 Å². The van der Waals surface area contributed by atoms with Gasteiger partial charge in [-0.25, -0.2) is 9.97 Å². The molecular formula is C22H30N4O. The van der Waals surface area contributed by atoms with Crippen LogP contribution in [0.25, 0.3) is 0 Å². The number of carbonyl (C=O) groups is 1. The summed E-state index contributed by atoms with van der Waals surface area (Å²) in [4.78, 5) is 26.3. The number of anilines is 1. The molecule has 5 nitrogen and oxygen atoms in total. The van der Waals surface area contributed by atoms with E-state index in [1.165, 1.54) is 18.4 Å². The lowest BCUT2D eigenvalue weighted by atomic mass is 10.0. The minimum Gasteiger partial charge on any atom is -0.360 e. The zero-order chi connectivity index (χ0) is 19.4. The van der Waals surface area contributed by atoms with Crippen LogP contribution in [0.4, 0.5) is 5.82 Å². The average Bonchev–Trinajstić information content (AvgIpc) is 2.70. The number of benzene rings is 1. The van der Waals surface area contributed by atoms with E-state index < -0.39 is 0 Å². The summed E-state index contributed by atoms with van der Waals surface area (Å²) in [6.45, 7) is 8.39. The Bertz CT molecular complexity index is 801. The van der Waals surface area contributed by atoms with Crippen molar-refractivity contribution in [1.82, 2.24) is 14.9 Å². The fraction of sp³-hybridized carbons (Fsp3) is 0.500. The molecule has 3 rings (SSSR count). The second-order valence-electron chi connectivity index (χ2n) is 7.31. The van der Waals surface area contributed by atoms with E-state index in [0.29, 0.717) is 13.1 Å². The molecule has 0 bridgehead atoms. The predicted molar refractivity (Wildman–Crippen MR) is 109 cm³/mol. The quantitative estimate of drug-likeness (QED) is 0.781. The zero-order valence-electron chi connectivity index (χ0n) is 17.0. The second kappa shape index (κ2) is 8.51. The molecule has 1 amide bonds. The molecule has 0 radical (unpaired) electrons. The van der Waals surface area contributed by atoms with Crippen molar-refractivity contribution in [2.75, 3.05) is 25.0 Å². The highest BCUT2D eigenvalue weighted by molar-refractivity contribution is 5.94. The fourth-order valence-corrected chi connectivity index (χ4v) is 3.53. The zero-order valence-corrected chi connectivity index (χ0v) is 17.0. The summed E-state index contributed by atoms with van der Waals surface area (Å²) in [6, 6.07) is 8.11. The average molecular weight is 367 g/mol. The number of nitrogens with zero attached hydrogens (tertiary/aromatic N) is 4. The summed E-state index contributed by atoms with van der Waals surface area (Å²) in [7, 11) is 2.04. The summed E-state index contributed by atoms with van der Waals surface area (Å²) in [5.74, 6) is 1.84. The molecule has 1 aromatic heterocycles. The molecule has 5 heteroatoms. The van der Waals surface area contributed by atoms with E-state index in [1.54, 1.807) is 0 Å². The highest BCUT2D eigenvalue weighted by Crippen LogP contribution is 2.27. The van der Waals surface area contributed by atoms with Crippen LogP contribution in [0.15, 0.2) is 24.3 Å². The van der Waals surface area contributed by atoms with E-state index in [2.05, 4.69) is 40.8 Å². The van der Waals surface area contributed by atoms with Gasteiger partial charge in [0.25, 0.3) is 5.91 Å². The van der Waals surface area contributed by atoms with Crippen molar-refractivity contribution in [3.63, 3.8) is 0 Å². The third kappa shape index (κ3) is 4.29. The van der Waals surface area contributed by atoms with Gasteiger partial charge in [0.1, 0.15) is 11.6 Å². The van der Waals surface area contributed by atoms with Gasteiger partial charge in [-0.2, -0.15) is 0 Å². The van der Waals surface area contributed by atoms with Crippen LogP contribution in [0.1, 0.15) is 59.7 Å². The number of unbranched alkanes of at least 4 members (excludes halogenated alkanes) is 1. The first-order valence-electron chi connectivity index (χ1n) is 9.99. The Morgan fingerprint density at radius 3 is 2.59 bits per heavy atom. The van der Waals surface area contributed by atoms with Gasteiger partial charge in [0, 0.05) is 37.7 Å². The Balaban J connectivity index is 1.80. The topological polar surface area (TPSA) is 49.3 Å². The van der Waals surface area contributed by atoms with E-state index in [0.717, 1.165) is 47.8 Å². The first-order chi connectivity index (χ1) is 13.0. The van der Waals surface area contributed by atoms with Crippen molar-refractivity contribution in [2.45, 2.75) is 53.0 Å². The summed E-state index contributed by atoms with van der Waals surface area (Å²) >= 11 is 0. The molecule has 2 heterocycles. The Labute approximate surface area is 162 Å². The van der Waals surface area contributed by atoms with Crippen LogP contribution >= 0.6 is 0 Å². The molecule has 2 aromatic rings. The predicted octanol–water partition coefficient (Wildman–Crippen LogP) is 3.78. The van der Waals surface area contributed by atoms with Crippen molar-refractivity contribution in [2.24, 2.45) is 0 Å². The van der Waals surface area contributed by atoms with Crippen LogP contribution in [-0.4, -0.2) is 40.9 Å². The molecule has 144 valence electrons. The number of aryl methyl sites for hydroxylation is 2. The van der Waals surface area contributed by atoms with Gasteiger partial charge in [-0.15, -0.1) is 0 Å². The van der Waals surface area contributed by atoms with Gasteiger partial charge in [-0.05, 0) is 44.4 Å². The molecule has 0 N–H and O–H groups in total. The van der Waals surface area contributed by atoms with Gasteiger partial charge in [0.15, 0.2) is 0 Å². The molecule has 0 aliphatic carbocycles. The van der Waals surface area contributed by atoms with Gasteiger partial charge in [-0.3, -0.25) is 4.79 Å². The molecular weight excluding hydrogens is 336 g/mol. The highest BCUT2D eigenvalue weighted by Gasteiger charge is 2.26. The third-order valence-corrected chi connectivity index (χ3v) is 5.29. The van der Waals surface area contributed by atoms with Gasteiger partial charge < -0.3 is 9.80 Å². The maximum Gasteiger partial charge on any atom is 0.254 e. The van der Waals surface area contributed by atoms with Crippen LogP contribution in [-0.2, 0) is 19.4 Å². The Morgan fingerprint density at radius 1 is 1.19 bits per heavy atom. The molecule has 0 atom stereocenters. The molecule has 1 aliphatic heterocycles. The Hall–Kier alpha value is -2.43. The van der Waals surface area contributed by atoms with E-state index in [-0.39, 0.29) is 5.91 Å². The van der Waals surface area contributed by atoms with Crippen LogP contribution in [0.3, 0.4) is 0 Å². The molecule has 1 aromatic carbocycles. The van der Waals surface area contributed by atoms with Crippen LogP contribution in [0, 0.1) is 6.92 Å². The Morgan fingerprint density at radius 2 is 1.93 bits per heavy atom. The van der Waals surface area contributed by atoms with Crippen LogP contribution in [0.2, 0.25) is 0 Å². The van der Waals surface area contributed by atoms with E-state index in [9.17, 15) is 4.79 Å². The van der Waals surface area contributed by atoms with E-state index >= 15 is 0 Å². The van der Waals surface area contributed by atoms with Gasteiger partial charge >= 0.3 is 0 Å². The van der Waals surface area contributed by atoms with Gasteiger partial charge in [0.2, 0.25) is 0 Å². The molecule has 0 fully saturated rings. The van der Waals surface area contributed by atoms with Gasteiger partial charge in [0.05, 0.1) is 12.2 Å². The summed E-state index contributed by atoms with van der Waals surface area (Å²) in [5.41, 5.74) is 4.23. The largest absolute Gasteiger partial charge is 0.360 e. The minimum absolute atomic E-state index is 0.0911. The number of hydrogen-bond donors (Lipinski definition) is 0. The van der Waals surface area contributed by atoms with Crippen molar-refractivity contribution in [3.8, 4) is 0 Å². The van der Waals surface area contributed by atoms with Crippen molar-refractivity contribution >= 4 is 11.7 Å². The number of aromatic nitrogens is 2. The lowest BCUT2D eigenvalue weighted by Crippen LogP contribution is -2.38. The highest BCUT2D eigenvalue weighted by atomic mass is 16.2.